The molecule has 35 heavy (non-hydrogen) atoms. The fourth-order valence-electron chi connectivity index (χ4n) is 4.50. The molecule has 0 bridgehead atoms. The molecule has 2 fully saturated rings. The molecule has 1 atom stereocenters. The van der Waals surface area contributed by atoms with Crippen molar-refractivity contribution in [2.24, 2.45) is 0 Å². The van der Waals surface area contributed by atoms with Gasteiger partial charge in [-0.15, -0.1) is 0 Å². The van der Waals surface area contributed by atoms with Gasteiger partial charge in [-0.2, -0.15) is 0 Å². The fraction of sp³-hybridized carbons (Fsp3) is 0.250. The molecule has 0 radical (unpaired) electrons. The number of nitrogens with zero attached hydrogens (tertiary/aromatic N) is 2. The lowest BCUT2D eigenvalue weighted by atomic mass is 10.0. The Kier molecular flexibility index (Phi) is 5.51. The van der Waals surface area contributed by atoms with Crippen LogP contribution in [0.5, 0.6) is 0 Å². The number of hydrogen-bond acceptors (Lipinski definition) is 6. The largest absolute Gasteiger partial charge is 0.329 e. The average molecular weight is 475 g/mol. The number of benzene rings is 2. The van der Waals surface area contributed by atoms with Crippen LogP contribution in [0, 0.1) is 0 Å². The quantitative estimate of drug-likeness (QED) is 0.430. The van der Waals surface area contributed by atoms with Crippen LogP contribution in [0.2, 0.25) is 0 Å². The Hall–Kier alpha value is -4.54. The fourth-order valence-corrected chi connectivity index (χ4v) is 4.50. The van der Waals surface area contributed by atoms with E-state index >= 15 is 0 Å². The van der Waals surface area contributed by atoms with Crippen LogP contribution in [0.25, 0.3) is 0 Å². The molecule has 0 spiro atoms. The number of rotatable bonds is 5. The van der Waals surface area contributed by atoms with Crippen molar-refractivity contribution in [2.75, 3.05) is 11.9 Å². The van der Waals surface area contributed by atoms with E-state index in [0.717, 1.165) is 10.5 Å². The van der Waals surface area contributed by atoms with Gasteiger partial charge in [-0.05, 0) is 35.7 Å². The summed E-state index contributed by atoms with van der Waals surface area (Å²) < 4.78 is 0. The van der Waals surface area contributed by atoms with Gasteiger partial charge in [-0.1, -0.05) is 24.3 Å². The number of amides is 7. The van der Waals surface area contributed by atoms with E-state index in [2.05, 4.69) is 16.0 Å². The first-order chi connectivity index (χ1) is 16.8. The van der Waals surface area contributed by atoms with Gasteiger partial charge in [0.1, 0.15) is 6.04 Å². The lowest BCUT2D eigenvalue weighted by Gasteiger charge is -2.29. The molecule has 1 unspecified atom stereocenters. The summed E-state index contributed by atoms with van der Waals surface area (Å²) in [6.45, 7) is 0.119. The number of nitrogens with one attached hydrogen (secondary N) is 3. The number of carbonyl (C=O) groups is 6. The smallest absolute Gasteiger partial charge is 0.324 e. The molecule has 2 aromatic carbocycles. The number of fused-ring (bicyclic) bond motifs is 1. The molecule has 0 aliphatic carbocycles. The minimum absolute atomic E-state index is 0.0438. The van der Waals surface area contributed by atoms with Crippen LogP contribution in [0.4, 0.5) is 10.5 Å². The Morgan fingerprint density at radius 1 is 1.06 bits per heavy atom. The van der Waals surface area contributed by atoms with Crippen molar-refractivity contribution in [3.8, 4) is 0 Å². The molecule has 3 aliphatic rings. The van der Waals surface area contributed by atoms with Gasteiger partial charge < -0.3 is 15.5 Å². The van der Waals surface area contributed by atoms with E-state index in [1.807, 2.05) is 0 Å². The van der Waals surface area contributed by atoms with Gasteiger partial charge in [0, 0.05) is 29.8 Å². The summed E-state index contributed by atoms with van der Waals surface area (Å²) in [5.74, 6) is -2.01. The number of hydrogen-bond donors (Lipinski definition) is 3. The summed E-state index contributed by atoms with van der Waals surface area (Å²) >= 11 is 0. The number of anilines is 1. The topological polar surface area (TPSA) is 145 Å². The normalized spacial score (nSPS) is 19.5. The van der Waals surface area contributed by atoms with Crippen LogP contribution in [0.15, 0.2) is 42.5 Å². The predicted molar refractivity (Wildman–Crippen MR) is 121 cm³/mol. The molecule has 0 saturated carbocycles. The molecule has 7 amide bonds. The number of imide groups is 2. The molecule has 11 nitrogen and oxygen atoms in total. The highest BCUT2D eigenvalue weighted by atomic mass is 16.2. The zero-order valence-electron chi connectivity index (χ0n) is 18.5. The monoisotopic (exact) mass is 475 g/mol. The highest BCUT2D eigenvalue weighted by Gasteiger charge is 2.39. The number of urea groups is 1. The van der Waals surface area contributed by atoms with Crippen molar-refractivity contribution in [3.05, 3.63) is 64.7 Å². The molecule has 5 rings (SSSR count). The Labute approximate surface area is 199 Å². The van der Waals surface area contributed by atoms with Crippen LogP contribution < -0.4 is 16.0 Å². The Bertz CT molecular complexity index is 1290. The maximum atomic E-state index is 13.0. The summed E-state index contributed by atoms with van der Waals surface area (Å²) in [7, 11) is 0. The second-order valence-electron chi connectivity index (χ2n) is 8.52. The van der Waals surface area contributed by atoms with E-state index in [0.29, 0.717) is 16.8 Å². The highest BCUT2D eigenvalue weighted by Crippen LogP contribution is 2.29. The van der Waals surface area contributed by atoms with Crippen molar-refractivity contribution in [1.82, 2.24) is 20.4 Å². The Morgan fingerprint density at radius 3 is 2.60 bits per heavy atom. The molecule has 11 heteroatoms. The van der Waals surface area contributed by atoms with Crippen LogP contribution in [0.1, 0.15) is 44.7 Å². The first kappa shape index (κ1) is 22.3. The molecule has 3 aliphatic heterocycles. The van der Waals surface area contributed by atoms with Gasteiger partial charge in [0.25, 0.3) is 11.8 Å². The summed E-state index contributed by atoms with van der Waals surface area (Å²) in [5.41, 5.74) is 2.27. The zero-order chi connectivity index (χ0) is 24.7. The molecule has 178 valence electrons. The van der Waals surface area contributed by atoms with Crippen molar-refractivity contribution in [1.29, 1.82) is 0 Å². The van der Waals surface area contributed by atoms with E-state index in [1.165, 1.54) is 4.90 Å². The predicted octanol–water partition coefficient (Wildman–Crippen LogP) is 0.752. The maximum absolute atomic E-state index is 13.0. The third-order valence-corrected chi connectivity index (χ3v) is 6.31. The molecule has 3 heterocycles. The van der Waals surface area contributed by atoms with E-state index in [1.54, 1.807) is 42.5 Å². The third-order valence-electron chi connectivity index (χ3n) is 6.31. The molecule has 3 N–H and O–H groups in total. The number of piperidine rings is 1. The highest BCUT2D eigenvalue weighted by molar-refractivity contribution is 6.08. The summed E-state index contributed by atoms with van der Waals surface area (Å²) in [5, 5.41) is 7.48. The third kappa shape index (κ3) is 4.12. The minimum atomic E-state index is -0.719. The van der Waals surface area contributed by atoms with Gasteiger partial charge in [0.05, 0.1) is 13.1 Å². The standard InChI is InChI=1S/C24H21N5O6/c30-19-8-7-18(22(33)27-19)28-11-14-5-6-15(9-17(14)23(28)34)26-21(32)16-4-2-1-3-13(16)12-29-20(31)10-25-24(29)35/h1-6,9,18H,7-8,10-12H2,(H,25,35)(H,26,32)(H,27,30,33). The number of carbonyl (C=O) groups excluding carboxylic acids is 6. The SMILES string of the molecule is O=C1CCC(N2Cc3ccc(NC(=O)c4ccccc4CN4C(=O)CNC4=O)cc3C2=O)C(=O)N1. The van der Waals surface area contributed by atoms with Crippen LogP contribution >= 0.6 is 0 Å². The van der Waals surface area contributed by atoms with E-state index in [-0.39, 0.29) is 55.8 Å². The second-order valence-corrected chi connectivity index (χ2v) is 8.52. The first-order valence-electron chi connectivity index (χ1n) is 11.1. The Balaban J connectivity index is 1.32. The Morgan fingerprint density at radius 2 is 1.86 bits per heavy atom. The summed E-state index contributed by atoms with van der Waals surface area (Å²) in [6.07, 6.45) is 0.435. The van der Waals surface area contributed by atoms with Gasteiger partial charge in [0.15, 0.2) is 0 Å². The van der Waals surface area contributed by atoms with Gasteiger partial charge in [-0.25, -0.2) is 4.79 Å². The maximum Gasteiger partial charge on any atom is 0.324 e. The average Bonchev–Trinajstić information content (AvgIpc) is 3.33. The van der Waals surface area contributed by atoms with Crippen molar-refractivity contribution >= 4 is 41.3 Å². The van der Waals surface area contributed by atoms with Crippen LogP contribution in [-0.2, 0) is 27.5 Å². The van der Waals surface area contributed by atoms with Crippen molar-refractivity contribution < 1.29 is 28.8 Å². The molecular formula is C24H21N5O6. The molecular weight excluding hydrogens is 454 g/mol. The van der Waals surface area contributed by atoms with E-state index in [9.17, 15) is 28.8 Å². The van der Waals surface area contributed by atoms with Gasteiger partial charge >= 0.3 is 6.03 Å². The van der Waals surface area contributed by atoms with Crippen LogP contribution in [-0.4, -0.2) is 58.0 Å². The lowest BCUT2D eigenvalue weighted by Crippen LogP contribution is -2.52. The summed E-state index contributed by atoms with van der Waals surface area (Å²) in [6, 6.07) is 10.3. The molecule has 0 aromatic heterocycles. The minimum Gasteiger partial charge on any atom is -0.329 e. The van der Waals surface area contributed by atoms with E-state index < -0.39 is 23.9 Å². The van der Waals surface area contributed by atoms with Gasteiger partial charge in [-0.3, -0.25) is 34.2 Å². The summed E-state index contributed by atoms with van der Waals surface area (Å²) in [4.78, 5) is 76.0. The van der Waals surface area contributed by atoms with E-state index in [4.69, 9.17) is 0 Å². The molecule has 2 aromatic rings. The molecule has 2 saturated heterocycles. The zero-order valence-corrected chi connectivity index (χ0v) is 18.5. The van der Waals surface area contributed by atoms with Crippen LogP contribution in [0.3, 0.4) is 0 Å². The van der Waals surface area contributed by atoms with Crippen molar-refractivity contribution in [3.63, 3.8) is 0 Å². The van der Waals surface area contributed by atoms with Crippen molar-refractivity contribution in [2.45, 2.75) is 32.0 Å². The van der Waals surface area contributed by atoms with Gasteiger partial charge in [0.2, 0.25) is 17.7 Å². The first-order valence-corrected chi connectivity index (χ1v) is 11.1. The lowest BCUT2D eigenvalue weighted by molar-refractivity contribution is -0.137. The second kappa shape index (κ2) is 8.67.